The Labute approximate surface area is 208 Å². The number of guanidine groups is 1. The highest BCUT2D eigenvalue weighted by Crippen LogP contribution is 2.26. The molecule has 0 aromatic carbocycles. The van der Waals surface area contributed by atoms with Crippen LogP contribution in [-0.4, -0.2) is 61.7 Å². The molecule has 2 aromatic heterocycles. The molecule has 6 nitrogen and oxygen atoms in total. The lowest BCUT2D eigenvalue weighted by Gasteiger charge is -2.34. The number of piperazine rings is 1. The first-order chi connectivity index (χ1) is 14.5. The molecule has 0 radical (unpaired) electrons. The largest absolute Gasteiger partial charge is 0.357 e. The van der Waals surface area contributed by atoms with Crippen LogP contribution in [0.15, 0.2) is 40.8 Å². The second-order valence-corrected chi connectivity index (χ2v) is 9.30. The van der Waals surface area contributed by atoms with Crippen LogP contribution in [0.1, 0.15) is 38.1 Å². The first kappa shape index (κ1) is 25.9. The van der Waals surface area contributed by atoms with E-state index in [1.165, 1.54) is 4.88 Å². The molecule has 8 heteroatoms. The summed E-state index contributed by atoms with van der Waals surface area (Å²) in [6.45, 7) is 16.6. The molecule has 3 rings (SSSR count). The maximum Gasteiger partial charge on any atom is 0.191 e. The number of hydrogen-bond acceptors (Lipinski definition) is 5. The molecule has 0 saturated carbocycles. The molecular formula is C23H37IN6S. The average molecular weight is 557 g/mol. The van der Waals surface area contributed by atoms with Crippen LogP contribution in [0, 0.1) is 0 Å². The molecule has 0 amide bonds. The van der Waals surface area contributed by atoms with Gasteiger partial charge in [0, 0.05) is 55.8 Å². The lowest BCUT2D eigenvalue weighted by molar-refractivity contribution is 0.270. The minimum Gasteiger partial charge on any atom is -0.357 e. The summed E-state index contributed by atoms with van der Waals surface area (Å²) >= 11 is 1.80. The van der Waals surface area contributed by atoms with Gasteiger partial charge in [0.2, 0.25) is 0 Å². The van der Waals surface area contributed by atoms with E-state index in [1.54, 1.807) is 11.3 Å². The quantitative estimate of drug-likeness (QED) is 0.293. The van der Waals surface area contributed by atoms with Gasteiger partial charge in [-0.15, -0.1) is 35.3 Å². The molecule has 0 unspecified atom stereocenters. The van der Waals surface area contributed by atoms with Gasteiger partial charge in [0.15, 0.2) is 5.96 Å². The van der Waals surface area contributed by atoms with E-state index < -0.39 is 0 Å². The summed E-state index contributed by atoms with van der Waals surface area (Å²) in [5.74, 6) is 1.92. The van der Waals surface area contributed by atoms with Crippen LogP contribution in [0.3, 0.4) is 0 Å². The molecule has 0 spiro atoms. The normalized spacial score (nSPS) is 15.5. The zero-order valence-electron chi connectivity index (χ0n) is 19.2. The van der Waals surface area contributed by atoms with Gasteiger partial charge in [-0.05, 0) is 36.5 Å². The van der Waals surface area contributed by atoms with Gasteiger partial charge in [-0.1, -0.05) is 32.9 Å². The van der Waals surface area contributed by atoms with Crippen molar-refractivity contribution in [2.24, 2.45) is 4.99 Å². The van der Waals surface area contributed by atoms with Gasteiger partial charge in [0.1, 0.15) is 5.82 Å². The van der Waals surface area contributed by atoms with E-state index in [2.05, 4.69) is 77.8 Å². The van der Waals surface area contributed by atoms with Crippen molar-refractivity contribution in [2.45, 2.75) is 39.7 Å². The Bertz CT molecular complexity index is 783. The molecule has 1 aliphatic heterocycles. The van der Waals surface area contributed by atoms with Gasteiger partial charge in [0.05, 0.1) is 6.54 Å². The summed E-state index contributed by atoms with van der Waals surface area (Å²) in [7, 11) is 0. The number of hydrogen-bond donors (Lipinski definition) is 2. The number of rotatable bonds is 8. The summed E-state index contributed by atoms with van der Waals surface area (Å²) in [6.07, 6.45) is 1.96. The number of likely N-dealkylation sites (N-methyl/N-ethyl adjacent to an activating group) is 1. The highest BCUT2D eigenvalue weighted by atomic mass is 127. The van der Waals surface area contributed by atoms with Gasteiger partial charge >= 0.3 is 0 Å². The van der Waals surface area contributed by atoms with Crippen LogP contribution in [0.2, 0.25) is 0 Å². The molecule has 1 aliphatic rings. The third-order valence-corrected chi connectivity index (χ3v) is 6.84. The van der Waals surface area contributed by atoms with E-state index in [1.807, 2.05) is 6.20 Å². The second-order valence-electron chi connectivity index (χ2n) is 8.36. The molecule has 172 valence electrons. The summed E-state index contributed by atoms with van der Waals surface area (Å²) < 4.78 is 0. The highest BCUT2D eigenvalue weighted by molar-refractivity contribution is 14.0. The van der Waals surface area contributed by atoms with Crippen molar-refractivity contribution in [3.8, 4) is 0 Å². The standard InChI is InChI=1S/C23H36N6S.HI/c1-5-24-22(27-18-23(3,4)20-8-7-15-30-20)26-17-19-9-10-21(25-16-19)29-13-11-28(6-2)12-14-29;/h7-10,15-16H,5-6,11-14,17-18H2,1-4H3,(H2,24,26,27);1H. The van der Waals surface area contributed by atoms with Crippen molar-refractivity contribution in [3.63, 3.8) is 0 Å². The number of aromatic nitrogens is 1. The molecular weight excluding hydrogens is 519 g/mol. The third-order valence-electron chi connectivity index (χ3n) is 5.60. The first-order valence-electron chi connectivity index (χ1n) is 11.0. The van der Waals surface area contributed by atoms with Crippen LogP contribution >= 0.6 is 35.3 Å². The third kappa shape index (κ3) is 7.61. The zero-order valence-corrected chi connectivity index (χ0v) is 22.4. The number of anilines is 1. The Hall–Kier alpha value is -1.39. The summed E-state index contributed by atoms with van der Waals surface area (Å²) in [5.41, 5.74) is 1.19. The van der Waals surface area contributed by atoms with Crippen LogP contribution < -0.4 is 15.5 Å². The fraction of sp³-hybridized carbons (Fsp3) is 0.565. The predicted molar refractivity (Wildman–Crippen MR) is 144 cm³/mol. The molecule has 31 heavy (non-hydrogen) atoms. The maximum absolute atomic E-state index is 4.77. The second kappa shape index (κ2) is 12.6. The van der Waals surface area contributed by atoms with E-state index in [-0.39, 0.29) is 29.4 Å². The summed E-state index contributed by atoms with van der Waals surface area (Å²) in [5, 5.41) is 8.99. The lowest BCUT2D eigenvalue weighted by atomic mass is 9.91. The Balaban J connectivity index is 0.00000341. The van der Waals surface area contributed by atoms with Crippen molar-refractivity contribution in [1.29, 1.82) is 0 Å². The number of nitrogens with one attached hydrogen (secondary N) is 2. The van der Waals surface area contributed by atoms with E-state index >= 15 is 0 Å². The molecule has 1 saturated heterocycles. The summed E-state index contributed by atoms with van der Waals surface area (Å²) in [4.78, 5) is 15.7. The fourth-order valence-electron chi connectivity index (χ4n) is 3.56. The van der Waals surface area contributed by atoms with Crippen molar-refractivity contribution >= 4 is 47.1 Å². The van der Waals surface area contributed by atoms with Crippen LogP contribution in [0.25, 0.3) is 0 Å². The van der Waals surface area contributed by atoms with Crippen molar-refractivity contribution < 1.29 is 0 Å². The van der Waals surface area contributed by atoms with Crippen molar-refractivity contribution in [2.75, 3.05) is 50.7 Å². The van der Waals surface area contributed by atoms with Crippen LogP contribution in [0.5, 0.6) is 0 Å². The van der Waals surface area contributed by atoms with Gasteiger partial charge in [-0.3, -0.25) is 0 Å². The van der Waals surface area contributed by atoms with Crippen molar-refractivity contribution in [1.82, 2.24) is 20.5 Å². The molecule has 2 N–H and O–H groups in total. The topological polar surface area (TPSA) is 55.8 Å². The Morgan fingerprint density at radius 3 is 2.48 bits per heavy atom. The molecule has 1 fully saturated rings. The number of halogens is 1. The first-order valence-corrected chi connectivity index (χ1v) is 11.9. The molecule has 0 atom stereocenters. The SMILES string of the molecule is CCNC(=NCc1ccc(N2CCN(CC)CC2)nc1)NCC(C)(C)c1cccs1.I. The van der Waals surface area contributed by atoms with Gasteiger partial charge in [-0.2, -0.15) is 0 Å². The number of pyridine rings is 1. The van der Waals surface area contributed by atoms with Crippen LogP contribution in [-0.2, 0) is 12.0 Å². The van der Waals surface area contributed by atoms with Gasteiger partial charge < -0.3 is 20.4 Å². The van der Waals surface area contributed by atoms with Gasteiger partial charge in [0.25, 0.3) is 0 Å². The Morgan fingerprint density at radius 1 is 1.13 bits per heavy atom. The van der Waals surface area contributed by atoms with Crippen LogP contribution in [0.4, 0.5) is 5.82 Å². The summed E-state index contributed by atoms with van der Waals surface area (Å²) in [6, 6.07) is 8.59. The average Bonchev–Trinajstić information content (AvgIpc) is 3.32. The monoisotopic (exact) mass is 556 g/mol. The van der Waals surface area contributed by atoms with Gasteiger partial charge in [-0.25, -0.2) is 9.98 Å². The fourth-order valence-corrected chi connectivity index (χ4v) is 4.41. The van der Waals surface area contributed by atoms with Crippen molar-refractivity contribution in [3.05, 3.63) is 46.3 Å². The predicted octanol–water partition coefficient (Wildman–Crippen LogP) is 3.94. The Kier molecular flexibility index (Phi) is 10.5. The number of thiophene rings is 1. The van der Waals surface area contributed by atoms with E-state index in [9.17, 15) is 0 Å². The Morgan fingerprint density at radius 2 is 1.90 bits per heavy atom. The maximum atomic E-state index is 4.77. The lowest BCUT2D eigenvalue weighted by Crippen LogP contribution is -2.46. The smallest absolute Gasteiger partial charge is 0.191 e. The zero-order chi connectivity index (χ0) is 21.4. The minimum atomic E-state index is 0. The molecule has 0 aliphatic carbocycles. The van der Waals surface area contributed by atoms with E-state index in [0.29, 0.717) is 6.54 Å². The number of nitrogens with zero attached hydrogens (tertiary/aromatic N) is 4. The number of aliphatic imine (C=N–C) groups is 1. The minimum absolute atomic E-state index is 0. The molecule has 0 bridgehead atoms. The molecule has 2 aromatic rings. The van der Waals surface area contributed by atoms with E-state index in [0.717, 1.165) is 63.2 Å². The highest BCUT2D eigenvalue weighted by Gasteiger charge is 2.22. The van der Waals surface area contributed by atoms with E-state index in [4.69, 9.17) is 9.98 Å². The molecule has 3 heterocycles.